The Balaban J connectivity index is 2.80. The maximum absolute atomic E-state index is 11.6. The smallest absolute Gasteiger partial charge is 0.260 e. The molecular weight excluding hydrogens is 230 g/mol. The monoisotopic (exact) mass is 251 g/mol. The maximum Gasteiger partial charge on any atom is 0.260 e. The largest absolute Gasteiger partial charge is 0.481 e. The number of likely N-dealkylation sites (N-methyl/N-ethyl adjacent to an activating group) is 1. The minimum absolute atomic E-state index is 0.154. The number of para-hydroxylation sites is 1. The van der Waals surface area contributed by atoms with Gasteiger partial charge in [0.1, 0.15) is 5.75 Å². The van der Waals surface area contributed by atoms with E-state index in [4.69, 9.17) is 4.74 Å². The lowest BCUT2D eigenvalue weighted by Crippen LogP contribution is -2.36. The molecule has 1 aromatic carbocycles. The van der Waals surface area contributed by atoms with Crippen LogP contribution in [0.15, 0.2) is 24.3 Å². The molecule has 1 rings (SSSR count). The van der Waals surface area contributed by atoms with E-state index in [0.717, 1.165) is 5.56 Å². The molecule has 0 saturated carbocycles. The minimum Gasteiger partial charge on any atom is -0.481 e. The normalized spacial score (nSPS) is 13.8. The fourth-order valence-corrected chi connectivity index (χ4v) is 1.64. The highest BCUT2D eigenvalue weighted by Gasteiger charge is 2.17. The Labute approximate surface area is 108 Å². The van der Waals surface area contributed by atoms with Crippen LogP contribution in [0.25, 0.3) is 0 Å². The second kappa shape index (κ2) is 7.01. The van der Waals surface area contributed by atoms with E-state index < -0.39 is 12.2 Å². The molecule has 0 aliphatic rings. The van der Waals surface area contributed by atoms with Gasteiger partial charge in [-0.1, -0.05) is 25.1 Å². The molecule has 0 radical (unpaired) electrons. The molecule has 0 heterocycles. The van der Waals surface area contributed by atoms with Crippen molar-refractivity contribution >= 4 is 5.91 Å². The molecular formula is C14H21NO3. The third-order valence-corrected chi connectivity index (χ3v) is 2.69. The number of amides is 1. The average molecular weight is 251 g/mol. The quantitative estimate of drug-likeness (QED) is 0.813. The van der Waals surface area contributed by atoms with Crippen LogP contribution in [-0.4, -0.2) is 23.7 Å². The highest BCUT2D eigenvalue weighted by atomic mass is 16.5. The molecule has 0 spiro atoms. The number of ether oxygens (including phenoxy) is 1. The van der Waals surface area contributed by atoms with Gasteiger partial charge >= 0.3 is 0 Å². The third kappa shape index (κ3) is 3.74. The average Bonchev–Trinajstić information content (AvgIpc) is 2.38. The predicted octanol–water partition coefficient (Wildman–Crippen LogP) is 2.03. The van der Waals surface area contributed by atoms with Gasteiger partial charge in [-0.25, -0.2) is 0 Å². The lowest BCUT2D eigenvalue weighted by atomic mass is 10.1. The fraction of sp³-hybridized carbons (Fsp3) is 0.500. The van der Waals surface area contributed by atoms with Crippen LogP contribution in [0.1, 0.15) is 38.9 Å². The Hall–Kier alpha value is -1.55. The molecule has 2 unspecified atom stereocenters. The summed E-state index contributed by atoms with van der Waals surface area (Å²) in [7, 11) is 0. The molecule has 0 aliphatic heterocycles. The zero-order valence-corrected chi connectivity index (χ0v) is 11.1. The molecule has 4 nitrogen and oxygen atoms in total. The van der Waals surface area contributed by atoms with E-state index in [-0.39, 0.29) is 5.91 Å². The van der Waals surface area contributed by atoms with Gasteiger partial charge in [0, 0.05) is 12.1 Å². The van der Waals surface area contributed by atoms with Crippen LogP contribution in [0.3, 0.4) is 0 Å². The van der Waals surface area contributed by atoms with Gasteiger partial charge in [-0.15, -0.1) is 0 Å². The lowest BCUT2D eigenvalue weighted by Gasteiger charge is -2.18. The van der Waals surface area contributed by atoms with E-state index in [0.29, 0.717) is 18.7 Å². The van der Waals surface area contributed by atoms with Crippen molar-refractivity contribution in [3.05, 3.63) is 29.8 Å². The third-order valence-electron chi connectivity index (χ3n) is 2.69. The molecule has 2 atom stereocenters. The van der Waals surface area contributed by atoms with Crippen molar-refractivity contribution in [1.82, 2.24) is 5.32 Å². The highest BCUT2D eigenvalue weighted by Crippen LogP contribution is 2.27. The highest BCUT2D eigenvalue weighted by molar-refractivity contribution is 5.80. The van der Waals surface area contributed by atoms with Gasteiger partial charge in [0.05, 0.1) is 6.10 Å². The van der Waals surface area contributed by atoms with Gasteiger partial charge in [-0.2, -0.15) is 0 Å². The predicted molar refractivity (Wildman–Crippen MR) is 70.5 cm³/mol. The molecule has 0 saturated heterocycles. The van der Waals surface area contributed by atoms with Crippen molar-refractivity contribution in [2.75, 3.05) is 6.54 Å². The summed E-state index contributed by atoms with van der Waals surface area (Å²) >= 11 is 0. The molecule has 18 heavy (non-hydrogen) atoms. The number of aliphatic hydroxyl groups is 1. The summed E-state index contributed by atoms with van der Waals surface area (Å²) in [6.45, 7) is 6.03. The molecule has 100 valence electrons. The summed E-state index contributed by atoms with van der Waals surface area (Å²) < 4.78 is 5.61. The van der Waals surface area contributed by atoms with E-state index in [2.05, 4.69) is 5.32 Å². The van der Waals surface area contributed by atoms with E-state index in [1.165, 1.54) is 0 Å². The Morgan fingerprint density at radius 1 is 1.39 bits per heavy atom. The fourth-order valence-electron chi connectivity index (χ4n) is 1.64. The molecule has 1 aromatic rings. The first-order valence-corrected chi connectivity index (χ1v) is 6.31. The van der Waals surface area contributed by atoms with Crippen molar-refractivity contribution in [2.24, 2.45) is 0 Å². The van der Waals surface area contributed by atoms with Crippen molar-refractivity contribution in [3.8, 4) is 5.75 Å². The van der Waals surface area contributed by atoms with E-state index in [9.17, 15) is 9.90 Å². The Morgan fingerprint density at radius 2 is 2.06 bits per heavy atom. The Kier molecular flexibility index (Phi) is 5.65. The molecule has 1 amide bonds. The summed E-state index contributed by atoms with van der Waals surface area (Å²) in [5.74, 6) is 0.406. The first-order chi connectivity index (χ1) is 8.60. The standard InChI is InChI=1S/C14H21NO3/c1-4-12(16)11-8-6-7-9-13(11)18-10(3)14(17)15-5-2/h6-10,12,16H,4-5H2,1-3H3,(H,15,17). The Morgan fingerprint density at radius 3 is 2.67 bits per heavy atom. The van der Waals surface area contributed by atoms with Gasteiger partial charge in [-0.05, 0) is 26.3 Å². The second-order valence-electron chi connectivity index (χ2n) is 4.12. The van der Waals surface area contributed by atoms with Crippen LogP contribution in [0.4, 0.5) is 0 Å². The van der Waals surface area contributed by atoms with E-state index in [1.54, 1.807) is 13.0 Å². The molecule has 4 heteroatoms. The number of carbonyl (C=O) groups excluding carboxylic acids is 1. The first kappa shape index (κ1) is 14.5. The zero-order chi connectivity index (χ0) is 13.5. The van der Waals surface area contributed by atoms with Crippen molar-refractivity contribution < 1.29 is 14.6 Å². The summed E-state index contributed by atoms with van der Waals surface area (Å²) in [5.41, 5.74) is 0.719. The van der Waals surface area contributed by atoms with Crippen LogP contribution in [0.5, 0.6) is 5.75 Å². The van der Waals surface area contributed by atoms with Crippen LogP contribution in [-0.2, 0) is 4.79 Å². The second-order valence-corrected chi connectivity index (χ2v) is 4.12. The van der Waals surface area contributed by atoms with Crippen LogP contribution in [0, 0.1) is 0 Å². The summed E-state index contributed by atoms with van der Waals surface area (Å²) in [6, 6.07) is 7.25. The number of hydrogen-bond acceptors (Lipinski definition) is 3. The maximum atomic E-state index is 11.6. The molecule has 0 fully saturated rings. The van der Waals surface area contributed by atoms with E-state index in [1.807, 2.05) is 32.0 Å². The van der Waals surface area contributed by atoms with Gasteiger partial charge in [-0.3, -0.25) is 4.79 Å². The zero-order valence-electron chi connectivity index (χ0n) is 11.1. The SMILES string of the molecule is CCNC(=O)C(C)Oc1ccccc1C(O)CC. The van der Waals surface area contributed by atoms with Crippen molar-refractivity contribution in [3.63, 3.8) is 0 Å². The number of rotatable bonds is 6. The van der Waals surface area contributed by atoms with Gasteiger partial charge in [0.2, 0.25) is 0 Å². The number of aliphatic hydroxyl groups excluding tert-OH is 1. The molecule has 0 aromatic heterocycles. The number of carbonyl (C=O) groups is 1. The van der Waals surface area contributed by atoms with Crippen molar-refractivity contribution in [1.29, 1.82) is 0 Å². The molecule has 0 bridgehead atoms. The minimum atomic E-state index is -0.574. The number of hydrogen-bond donors (Lipinski definition) is 2. The Bertz CT molecular complexity index is 392. The summed E-state index contributed by atoms with van der Waals surface area (Å²) in [4.78, 5) is 11.6. The molecule has 2 N–H and O–H groups in total. The van der Waals surface area contributed by atoms with Crippen LogP contribution in [0.2, 0.25) is 0 Å². The summed E-state index contributed by atoms with van der Waals surface area (Å²) in [5, 5.41) is 12.6. The number of benzene rings is 1. The molecule has 0 aliphatic carbocycles. The topological polar surface area (TPSA) is 58.6 Å². The van der Waals surface area contributed by atoms with Gasteiger partial charge in [0.15, 0.2) is 6.10 Å². The summed E-state index contributed by atoms with van der Waals surface area (Å²) in [6.07, 6.45) is -0.534. The first-order valence-electron chi connectivity index (χ1n) is 6.31. The van der Waals surface area contributed by atoms with Crippen LogP contribution < -0.4 is 10.1 Å². The number of nitrogens with one attached hydrogen (secondary N) is 1. The lowest BCUT2D eigenvalue weighted by molar-refractivity contribution is -0.127. The van der Waals surface area contributed by atoms with Gasteiger partial charge in [0.25, 0.3) is 5.91 Å². The van der Waals surface area contributed by atoms with E-state index >= 15 is 0 Å². The van der Waals surface area contributed by atoms with Crippen LogP contribution >= 0.6 is 0 Å². The van der Waals surface area contributed by atoms with Crippen molar-refractivity contribution in [2.45, 2.75) is 39.4 Å². The van der Waals surface area contributed by atoms with Gasteiger partial charge < -0.3 is 15.2 Å².